The number of carbonyl (C=O) groups excluding carboxylic acids is 1. The number of methoxy groups -OCH3 is 1. The van der Waals surface area contributed by atoms with Gasteiger partial charge in [0.05, 0.1) is 18.6 Å². The molecule has 0 saturated carbocycles. The molecule has 0 aliphatic heterocycles. The Balaban J connectivity index is 1.68. The van der Waals surface area contributed by atoms with Crippen molar-refractivity contribution in [1.82, 2.24) is 9.78 Å². The molecule has 0 spiro atoms. The molecule has 28 heavy (non-hydrogen) atoms. The van der Waals surface area contributed by atoms with Gasteiger partial charge < -0.3 is 10.1 Å². The Morgan fingerprint density at radius 1 is 1.18 bits per heavy atom. The van der Waals surface area contributed by atoms with Gasteiger partial charge in [0.2, 0.25) is 5.91 Å². The van der Waals surface area contributed by atoms with Crippen LogP contribution in [0.1, 0.15) is 5.56 Å². The summed E-state index contributed by atoms with van der Waals surface area (Å²) >= 11 is 7.31. The SMILES string of the molecule is COc1ccc(-n2nc(SCC(=O)Nc3ccc(C)c(Cl)c3)ccc2=O)cc1. The molecule has 0 aliphatic rings. The number of nitrogens with zero attached hydrogens (tertiary/aromatic N) is 2. The molecular weight excluding hydrogens is 398 g/mol. The molecule has 3 aromatic rings. The molecule has 6 nitrogen and oxygen atoms in total. The number of amides is 1. The Morgan fingerprint density at radius 2 is 1.93 bits per heavy atom. The first-order valence-corrected chi connectivity index (χ1v) is 9.76. The van der Waals surface area contributed by atoms with E-state index in [-0.39, 0.29) is 17.2 Å². The van der Waals surface area contributed by atoms with E-state index in [9.17, 15) is 9.59 Å². The second-order valence-corrected chi connectivity index (χ2v) is 7.32. The summed E-state index contributed by atoms with van der Waals surface area (Å²) in [6, 6.07) is 15.4. The zero-order valence-electron chi connectivity index (χ0n) is 15.3. The highest BCUT2D eigenvalue weighted by molar-refractivity contribution is 7.99. The van der Waals surface area contributed by atoms with Crippen LogP contribution in [0.25, 0.3) is 5.69 Å². The molecule has 3 rings (SSSR count). The molecule has 1 amide bonds. The molecule has 8 heteroatoms. The third-order valence-electron chi connectivity index (χ3n) is 3.90. The fraction of sp³-hybridized carbons (Fsp3) is 0.150. The summed E-state index contributed by atoms with van der Waals surface area (Å²) in [5, 5.41) is 8.28. The van der Waals surface area contributed by atoms with Gasteiger partial charge >= 0.3 is 0 Å². The van der Waals surface area contributed by atoms with E-state index in [1.54, 1.807) is 49.6 Å². The van der Waals surface area contributed by atoms with Crippen molar-refractivity contribution in [2.24, 2.45) is 0 Å². The van der Waals surface area contributed by atoms with E-state index in [2.05, 4.69) is 10.4 Å². The van der Waals surface area contributed by atoms with E-state index in [1.807, 2.05) is 13.0 Å². The Morgan fingerprint density at radius 3 is 2.61 bits per heavy atom. The monoisotopic (exact) mass is 415 g/mol. The lowest BCUT2D eigenvalue weighted by Crippen LogP contribution is -2.20. The number of nitrogens with one attached hydrogen (secondary N) is 1. The third-order valence-corrected chi connectivity index (χ3v) is 5.23. The van der Waals surface area contributed by atoms with Gasteiger partial charge in [-0.25, -0.2) is 0 Å². The van der Waals surface area contributed by atoms with Crippen LogP contribution in [-0.4, -0.2) is 28.6 Å². The van der Waals surface area contributed by atoms with E-state index >= 15 is 0 Å². The molecule has 0 aliphatic carbocycles. The van der Waals surface area contributed by atoms with E-state index in [1.165, 1.54) is 22.5 Å². The van der Waals surface area contributed by atoms with Gasteiger partial charge in [-0.05, 0) is 55.0 Å². The number of hydrogen-bond acceptors (Lipinski definition) is 5. The number of ether oxygens (including phenoxy) is 1. The van der Waals surface area contributed by atoms with Gasteiger partial charge in [0, 0.05) is 16.8 Å². The zero-order valence-corrected chi connectivity index (χ0v) is 16.9. The van der Waals surface area contributed by atoms with Gasteiger partial charge in [0.15, 0.2) is 0 Å². The van der Waals surface area contributed by atoms with Gasteiger partial charge in [-0.3, -0.25) is 9.59 Å². The van der Waals surface area contributed by atoms with Crippen molar-refractivity contribution >= 4 is 35.0 Å². The molecule has 2 aromatic carbocycles. The Kier molecular flexibility index (Phi) is 6.38. The van der Waals surface area contributed by atoms with Gasteiger partial charge in [-0.2, -0.15) is 9.78 Å². The van der Waals surface area contributed by atoms with Crippen LogP contribution >= 0.6 is 23.4 Å². The molecule has 0 bridgehead atoms. The Labute approximate surface area is 171 Å². The maximum absolute atomic E-state index is 12.2. The second kappa shape index (κ2) is 8.95. The van der Waals surface area contributed by atoms with Crippen molar-refractivity contribution < 1.29 is 9.53 Å². The van der Waals surface area contributed by atoms with Crippen LogP contribution in [0.5, 0.6) is 5.75 Å². The van der Waals surface area contributed by atoms with Gasteiger partial charge in [0.25, 0.3) is 5.56 Å². The van der Waals surface area contributed by atoms with Crippen LogP contribution in [0.4, 0.5) is 5.69 Å². The fourth-order valence-corrected chi connectivity index (χ4v) is 3.22. The topological polar surface area (TPSA) is 73.2 Å². The first kappa shape index (κ1) is 20.0. The van der Waals surface area contributed by atoms with Gasteiger partial charge in [-0.15, -0.1) is 0 Å². The molecule has 0 unspecified atom stereocenters. The lowest BCUT2D eigenvalue weighted by molar-refractivity contribution is -0.113. The van der Waals surface area contributed by atoms with Crippen molar-refractivity contribution in [3.63, 3.8) is 0 Å². The van der Waals surface area contributed by atoms with Crippen molar-refractivity contribution in [2.45, 2.75) is 11.9 Å². The molecule has 0 fully saturated rings. The van der Waals surface area contributed by atoms with Crippen molar-refractivity contribution in [3.05, 3.63) is 75.5 Å². The van der Waals surface area contributed by atoms with Crippen LogP contribution in [0.2, 0.25) is 5.02 Å². The summed E-state index contributed by atoms with van der Waals surface area (Å²) in [5.41, 5.74) is 1.94. The van der Waals surface area contributed by atoms with Crippen LogP contribution < -0.4 is 15.6 Å². The minimum Gasteiger partial charge on any atom is -0.497 e. The minimum absolute atomic E-state index is 0.152. The first-order valence-electron chi connectivity index (χ1n) is 8.40. The largest absolute Gasteiger partial charge is 0.497 e. The average molecular weight is 416 g/mol. The standard InChI is InChI=1S/C20H18ClN3O3S/c1-13-3-4-14(11-17(13)21)22-18(25)12-28-19-9-10-20(26)24(23-19)15-5-7-16(27-2)8-6-15/h3-11H,12H2,1-2H3,(H,22,25). The van der Waals surface area contributed by atoms with E-state index in [0.717, 1.165) is 5.56 Å². The number of anilines is 1. The number of benzene rings is 2. The molecular formula is C20H18ClN3O3S. The molecule has 1 N–H and O–H groups in total. The smallest absolute Gasteiger partial charge is 0.271 e. The number of rotatable bonds is 6. The predicted molar refractivity (Wildman–Crippen MR) is 112 cm³/mol. The molecule has 0 saturated heterocycles. The average Bonchev–Trinajstić information content (AvgIpc) is 2.70. The lowest BCUT2D eigenvalue weighted by atomic mass is 10.2. The zero-order chi connectivity index (χ0) is 20.1. The predicted octanol–water partition coefficient (Wildman–Crippen LogP) is 3.93. The maximum atomic E-state index is 12.2. The van der Waals surface area contributed by atoms with Crippen molar-refractivity contribution in [2.75, 3.05) is 18.2 Å². The van der Waals surface area contributed by atoms with E-state index < -0.39 is 0 Å². The highest BCUT2D eigenvalue weighted by Gasteiger charge is 2.08. The first-order chi connectivity index (χ1) is 13.5. The molecule has 0 atom stereocenters. The summed E-state index contributed by atoms with van der Waals surface area (Å²) in [5.74, 6) is 0.656. The molecule has 1 aromatic heterocycles. The van der Waals surface area contributed by atoms with Gasteiger partial charge in [-0.1, -0.05) is 29.4 Å². The van der Waals surface area contributed by atoms with Crippen molar-refractivity contribution in [1.29, 1.82) is 0 Å². The van der Waals surface area contributed by atoms with Crippen LogP contribution in [0, 0.1) is 6.92 Å². The number of aromatic nitrogens is 2. The molecule has 1 heterocycles. The lowest BCUT2D eigenvalue weighted by Gasteiger charge is -2.08. The van der Waals surface area contributed by atoms with E-state index in [0.29, 0.717) is 27.2 Å². The number of carbonyl (C=O) groups is 1. The second-order valence-electron chi connectivity index (χ2n) is 5.92. The van der Waals surface area contributed by atoms with E-state index in [4.69, 9.17) is 16.3 Å². The highest BCUT2D eigenvalue weighted by atomic mass is 35.5. The van der Waals surface area contributed by atoms with Crippen molar-refractivity contribution in [3.8, 4) is 11.4 Å². The normalized spacial score (nSPS) is 10.5. The summed E-state index contributed by atoms with van der Waals surface area (Å²) in [7, 11) is 1.58. The summed E-state index contributed by atoms with van der Waals surface area (Å²) < 4.78 is 6.41. The maximum Gasteiger partial charge on any atom is 0.271 e. The number of aryl methyl sites for hydroxylation is 1. The molecule has 0 radical (unpaired) electrons. The summed E-state index contributed by atoms with van der Waals surface area (Å²) in [6.07, 6.45) is 0. The summed E-state index contributed by atoms with van der Waals surface area (Å²) in [4.78, 5) is 24.3. The van der Waals surface area contributed by atoms with Crippen LogP contribution in [0.15, 0.2) is 64.4 Å². The summed E-state index contributed by atoms with van der Waals surface area (Å²) in [6.45, 7) is 1.90. The Hall–Kier alpha value is -2.77. The number of thioether (sulfide) groups is 1. The third kappa shape index (κ3) is 4.94. The minimum atomic E-state index is -0.256. The number of halogens is 1. The number of hydrogen-bond donors (Lipinski definition) is 1. The Bertz CT molecular complexity index is 1050. The fourth-order valence-electron chi connectivity index (χ4n) is 2.39. The van der Waals surface area contributed by atoms with Crippen LogP contribution in [-0.2, 0) is 4.79 Å². The quantitative estimate of drug-likeness (QED) is 0.617. The molecule has 144 valence electrons. The van der Waals surface area contributed by atoms with Crippen LogP contribution in [0.3, 0.4) is 0 Å². The van der Waals surface area contributed by atoms with Gasteiger partial charge in [0.1, 0.15) is 10.8 Å². The highest BCUT2D eigenvalue weighted by Crippen LogP contribution is 2.21.